The van der Waals surface area contributed by atoms with Gasteiger partial charge in [-0.2, -0.15) is 0 Å². The Hall–Kier alpha value is -1.55. The van der Waals surface area contributed by atoms with Crippen molar-refractivity contribution in [3.63, 3.8) is 0 Å². The highest BCUT2D eigenvalue weighted by atomic mass is 16.4. The molecule has 19 heavy (non-hydrogen) atoms. The lowest BCUT2D eigenvalue weighted by Crippen LogP contribution is -2.48. The molecule has 1 N–H and O–H groups in total. The number of aryl methyl sites for hydroxylation is 1. The van der Waals surface area contributed by atoms with Crippen molar-refractivity contribution in [1.29, 1.82) is 0 Å². The molecule has 4 nitrogen and oxygen atoms in total. The van der Waals surface area contributed by atoms with Gasteiger partial charge in [-0.1, -0.05) is 12.1 Å². The van der Waals surface area contributed by atoms with Crippen LogP contribution in [-0.4, -0.2) is 48.7 Å². The lowest BCUT2D eigenvalue weighted by Gasteiger charge is -2.38. The second kappa shape index (κ2) is 6.06. The molecule has 1 saturated heterocycles. The number of piperidine rings is 1. The molecule has 1 fully saturated rings. The summed E-state index contributed by atoms with van der Waals surface area (Å²) in [6.45, 7) is 4.18. The molecular formula is C15H22N2O2. The normalized spacial score (nSPS) is 19.7. The Labute approximate surface area is 114 Å². The Morgan fingerprint density at radius 3 is 3.00 bits per heavy atom. The van der Waals surface area contributed by atoms with Crippen LogP contribution in [0.5, 0.6) is 0 Å². The molecule has 1 aliphatic heterocycles. The molecule has 0 amide bonds. The quantitative estimate of drug-likeness (QED) is 0.901. The zero-order valence-electron chi connectivity index (χ0n) is 11.7. The van der Waals surface area contributed by atoms with Crippen molar-refractivity contribution in [3.05, 3.63) is 29.8 Å². The molecule has 1 aliphatic rings. The SMILES string of the molecule is Cc1cccc(N2CCCC(N(C)CC(=O)O)C2)c1. The van der Waals surface area contributed by atoms with E-state index in [0.717, 1.165) is 25.9 Å². The summed E-state index contributed by atoms with van der Waals surface area (Å²) in [5.41, 5.74) is 2.51. The molecule has 0 saturated carbocycles. The minimum Gasteiger partial charge on any atom is -0.480 e. The number of nitrogens with zero attached hydrogens (tertiary/aromatic N) is 2. The van der Waals surface area contributed by atoms with Crippen LogP contribution in [0.2, 0.25) is 0 Å². The van der Waals surface area contributed by atoms with Crippen molar-refractivity contribution in [2.75, 3.05) is 31.6 Å². The molecule has 1 unspecified atom stereocenters. The molecule has 1 aromatic rings. The van der Waals surface area contributed by atoms with Gasteiger partial charge in [0, 0.05) is 24.8 Å². The highest BCUT2D eigenvalue weighted by Gasteiger charge is 2.24. The Morgan fingerprint density at radius 2 is 2.32 bits per heavy atom. The number of hydrogen-bond donors (Lipinski definition) is 1. The van der Waals surface area contributed by atoms with Crippen LogP contribution >= 0.6 is 0 Å². The van der Waals surface area contributed by atoms with E-state index in [1.807, 2.05) is 11.9 Å². The summed E-state index contributed by atoms with van der Waals surface area (Å²) in [5, 5.41) is 8.88. The minimum absolute atomic E-state index is 0.117. The van der Waals surface area contributed by atoms with Gasteiger partial charge in [-0.15, -0.1) is 0 Å². The predicted octanol–water partition coefficient (Wildman–Crippen LogP) is 1.98. The summed E-state index contributed by atoms with van der Waals surface area (Å²) < 4.78 is 0. The van der Waals surface area contributed by atoms with Gasteiger partial charge in [0.25, 0.3) is 0 Å². The summed E-state index contributed by atoms with van der Waals surface area (Å²) in [6.07, 6.45) is 2.19. The van der Waals surface area contributed by atoms with Crippen LogP contribution in [0, 0.1) is 6.92 Å². The van der Waals surface area contributed by atoms with Crippen LogP contribution in [0.25, 0.3) is 0 Å². The number of carboxylic acids is 1. The molecule has 1 aromatic carbocycles. The third-order valence-corrected chi connectivity index (χ3v) is 3.77. The summed E-state index contributed by atoms with van der Waals surface area (Å²) >= 11 is 0. The molecule has 0 aliphatic carbocycles. The number of hydrogen-bond acceptors (Lipinski definition) is 3. The van der Waals surface area contributed by atoms with E-state index in [-0.39, 0.29) is 6.54 Å². The lowest BCUT2D eigenvalue weighted by atomic mass is 10.0. The van der Waals surface area contributed by atoms with Gasteiger partial charge >= 0.3 is 5.97 Å². The molecule has 2 rings (SSSR count). The van der Waals surface area contributed by atoms with Gasteiger partial charge in [-0.3, -0.25) is 9.69 Å². The zero-order chi connectivity index (χ0) is 13.8. The van der Waals surface area contributed by atoms with E-state index in [2.05, 4.69) is 36.1 Å². The van der Waals surface area contributed by atoms with E-state index in [1.54, 1.807) is 0 Å². The van der Waals surface area contributed by atoms with Crippen molar-refractivity contribution >= 4 is 11.7 Å². The molecule has 0 aromatic heterocycles. The van der Waals surface area contributed by atoms with Gasteiger partial charge in [0.2, 0.25) is 0 Å². The fourth-order valence-electron chi connectivity index (χ4n) is 2.72. The summed E-state index contributed by atoms with van der Waals surface area (Å²) in [6, 6.07) is 8.83. The average Bonchev–Trinajstić information content (AvgIpc) is 2.38. The van der Waals surface area contributed by atoms with Crippen molar-refractivity contribution in [2.45, 2.75) is 25.8 Å². The number of aliphatic carboxylic acids is 1. The second-order valence-electron chi connectivity index (χ2n) is 5.39. The number of carbonyl (C=O) groups is 1. The van der Waals surface area contributed by atoms with Gasteiger partial charge < -0.3 is 10.0 Å². The van der Waals surface area contributed by atoms with Crippen LogP contribution in [0.4, 0.5) is 5.69 Å². The van der Waals surface area contributed by atoms with Crippen LogP contribution in [0.15, 0.2) is 24.3 Å². The van der Waals surface area contributed by atoms with Crippen LogP contribution in [0.3, 0.4) is 0 Å². The molecule has 1 heterocycles. The molecular weight excluding hydrogens is 240 g/mol. The molecule has 1 atom stereocenters. The van der Waals surface area contributed by atoms with Crippen molar-refractivity contribution in [2.24, 2.45) is 0 Å². The van der Waals surface area contributed by atoms with E-state index in [1.165, 1.54) is 11.3 Å². The fourth-order valence-corrected chi connectivity index (χ4v) is 2.72. The maximum absolute atomic E-state index is 10.8. The fraction of sp³-hybridized carbons (Fsp3) is 0.533. The number of likely N-dealkylation sites (N-methyl/N-ethyl adjacent to an activating group) is 1. The number of carboxylic acid groups (broad SMARTS) is 1. The first-order chi connectivity index (χ1) is 9.06. The van der Waals surface area contributed by atoms with E-state index >= 15 is 0 Å². The first-order valence-corrected chi connectivity index (χ1v) is 6.80. The van der Waals surface area contributed by atoms with Gasteiger partial charge in [0.15, 0.2) is 0 Å². The third kappa shape index (κ3) is 3.70. The summed E-state index contributed by atoms with van der Waals surface area (Å²) in [7, 11) is 1.90. The summed E-state index contributed by atoms with van der Waals surface area (Å²) in [4.78, 5) is 15.1. The molecule has 4 heteroatoms. The van der Waals surface area contributed by atoms with E-state index < -0.39 is 5.97 Å². The van der Waals surface area contributed by atoms with Crippen LogP contribution in [-0.2, 0) is 4.79 Å². The number of benzene rings is 1. The van der Waals surface area contributed by atoms with Crippen molar-refractivity contribution < 1.29 is 9.90 Å². The average molecular weight is 262 g/mol. The standard InChI is InChI=1S/C15H22N2O2/c1-12-5-3-6-13(9-12)17-8-4-7-14(10-17)16(2)11-15(18)19/h3,5-6,9,14H,4,7-8,10-11H2,1-2H3,(H,18,19). The van der Waals surface area contributed by atoms with E-state index in [9.17, 15) is 4.79 Å². The molecule has 104 valence electrons. The van der Waals surface area contributed by atoms with Crippen LogP contribution < -0.4 is 4.90 Å². The Morgan fingerprint density at radius 1 is 1.53 bits per heavy atom. The lowest BCUT2D eigenvalue weighted by molar-refractivity contribution is -0.138. The van der Waals surface area contributed by atoms with E-state index in [0.29, 0.717) is 6.04 Å². The number of rotatable bonds is 4. The summed E-state index contributed by atoms with van der Waals surface area (Å²) in [5.74, 6) is -0.754. The monoisotopic (exact) mass is 262 g/mol. The molecule has 0 radical (unpaired) electrons. The maximum Gasteiger partial charge on any atom is 0.317 e. The Kier molecular flexibility index (Phi) is 4.43. The first-order valence-electron chi connectivity index (χ1n) is 6.80. The minimum atomic E-state index is -0.754. The highest BCUT2D eigenvalue weighted by Crippen LogP contribution is 2.22. The Bertz CT molecular complexity index is 448. The first kappa shape index (κ1) is 13.9. The second-order valence-corrected chi connectivity index (χ2v) is 5.39. The van der Waals surface area contributed by atoms with E-state index in [4.69, 9.17) is 5.11 Å². The van der Waals surface area contributed by atoms with Crippen molar-refractivity contribution in [1.82, 2.24) is 4.90 Å². The van der Waals surface area contributed by atoms with Gasteiger partial charge in [0.05, 0.1) is 6.54 Å². The third-order valence-electron chi connectivity index (χ3n) is 3.77. The van der Waals surface area contributed by atoms with Crippen LogP contribution in [0.1, 0.15) is 18.4 Å². The largest absolute Gasteiger partial charge is 0.480 e. The number of anilines is 1. The molecule has 0 bridgehead atoms. The highest BCUT2D eigenvalue weighted by molar-refractivity contribution is 5.69. The topological polar surface area (TPSA) is 43.8 Å². The van der Waals surface area contributed by atoms with Gasteiger partial charge in [0.1, 0.15) is 0 Å². The smallest absolute Gasteiger partial charge is 0.317 e. The van der Waals surface area contributed by atoms with Gasteiger partial charge in [-0.25, -0.2) is 0 Å². The van der Waals surface area contributed by atoms with Crippen molar-refractivity contribution in [3.8, 4) is 0 Å². The Balaban J connectivity index is 2.02. The van der Waals surface area contributed by atoms with Gasteiger partial charge in [-0.05, 0) is 44.5 Å². The molecule has 0 spiro atoms. The predicted molar refractivity (Wildman–Crippen MR) is 76.7 cm³/mol. The zero-order valence-corrected chi connectivity index (χ0v) is 11.7. The maximum atomic E-state index is 10.8.